The van der Waals surface area contributed by atoms with Crippen molar-refractivity contribution >= 4 is 15.9 Å². The summed E-state index contributed by atoms with van der Waals surface area (Å²) in [6.07, 6.45) is -3.87. The number of rotatable bonds is 9. The Morgan fingerprint density at radius 1 is 1.24 bits per heavy atom. The van der Waals surface area contributed by atoms with E-state index in [2.05, 4.69) is 26.0 Å². The van der Waals surface area contributed by atoms with Crippen molar-refractivity contribution in [2.45, 2.75) is 26.1 Å². The SMILES string of the molecule is CCNCc1ccc(OCCCOCC(F)(F)F)c(Br)c1. The van der Waals surface area contributed by atoms with Gasteiger partial charge in [-0.2, -0.15) is 13.2 Å². The van der Waals surface area contributed by atoms with Gasteiger partial charge in [-0.1, -0.05) is 13.0 Å². The quantitative estimate of drug-likeness (QED) is 0.669. The van der Waals surface area contributed by atoms with E-state index in [-0.39, 0.29) is 6.61 Å². The van der Waals surface area contributed by atoms with Crippen LogP contribution in [0, 0.1) is 0 Å². The van der Waals surface area contributed by atoms with Gasteiger partial charge < -0.3 is 14.8 Å². The molecule has 0 saturated heterocycles. The number of ether oxygens (including phenoxy) is 2. The van der Waals surface area contributed by atoms with E-state index < -0.39 is 12.8 Å². The fraction of sp³-hybridized carbons (Fsp3) is 0.571. The first-order valence-corrected chi connectivity index (χ1v) is 7.48. The van der Waals surface area contributed by atoms with Crippen molar-refractivity contribution < 1.29 is 22.6 Å². The van der Waals surface area contributed by atoms with Crippen LogP contribution in [0.4, 0.5) is 13.2 Å². The van der Waals surface area contributed by atoms with Crippen LogP contribution in [0.2, 0.25) is 0 Å². The van der Waals surface area contributed by atoms with Gasteiger partial charge in [0, 0.05) is 13.0 Å². The number of benzene rings is 1. The molecule has 0 unspecified atom stereocenters. The lowest BCUT2D eigenvalue weighted by molar-refractivity contribution is -0.174. The van der Waals surface area contributed by atoms with Gasteiger partial charge in [0.05, 0.1) is 17.7 Å². The third-order valence-corrected chi connectivity index (χ3v) is 3.15. The lowest BCUT2D eigenvalue weighted by Gasteiger charge is -2.11. The first kappa shape index (κ1) is 18.3. The summed E-state index contributed by atoms with van der Waals surface area (Å²) in [7, 11) is 0. The maximum Gasteiger partial charge on any atom is 0.411 e. The number of alkyl halides is 3. The highest BCUT2D eigenvalue weighted by atomic mass is 79.9. The molecule has 0 spiro atoms. The van der Waals surface area contributed by atoms with Crippen LogP contribution in [-0.4, -0.2) is 32.5 Å². The maximum atomic E-state index is 11.8. The summed E-state index contributed by atoms with van der Waals surface area (Å²) in [4.78, 5) is 0. The van der Waals surface area contributed by atoms with E-state index in [0.717, 1.165) is 23.1 Å². The highest BCUT2D eigenvalue weighted by molar-refractivity contribution is 9.10. The Morgan fingerprint density at radius 2 is 2.00 bits per heavy atom. The fourth-order valence-corrected chi connectivity index (χ4v) is 2.11. The molecular formula is C14H19BrF3NO2. The second kappa shape index (κ2) is 9.27. The monoisotopic (exact) mass is 369 g/mol. The van der Waals surface area contributed by atoms with E-state index >= 15 is 0 Å². The van der Waals surface area contributed by atoms with Gasteiger partial charge in [0.15, 0.2) is 0 Å². The summed E-state index contributed by atoms with van der Waals surface area (Å²) in [6.45, 7) is 2.83. The molecule has 3 nitrogen and oxygen atoms in total. The minimum absolute atomic E-state index is 0.0234. The zero-order valence-corrected chi connectivity index (χ0v) is 13.4. The van der Waals surface area contributed by atoms with Gasteiger partial charge in [-0.05, 0) is 40.2 Å². The number of halogens is 4. The molecule has 0 aliphatic heterocycles. The molecule has 1 N–H and O–H groups in total. The predicted molar refractivity (Wildman–Crippen MR) is 78.5 cm³/mol. The second-order valence-electron chi connectivity index (χ2n) is 4.41. The van der Waals surface area contributed by atoms with E-state index in [1.807, 2.05) is 25.1 Å². The highest BCUT2D eigenvalue weighted by Gasteiger charge is 2.27. The van der Waals surface area contributed by atoms with Gasteiger partial charge in [0.25, 0.3) is 0 Å². The Bertz CT molecular complexity index is 427. The van der Waals surface area contributed by atoms with Crippen molar-refractivity contribution in [3.05, 3.63) is 28.2 Å². The molecular weight excluding hydrogens is 351 g/mol. The summed E-state index contributed by atoms with van der Waals surface area (Å²) >= 11 is 3.42. The molecule has 0 radical (unpaired) electrons. The Morgan fingerprint density at radius 3 is 2.62 bits per heavy atom. The van der Waals surface area contributed by atoms with Crippen molar-refractivity contribution in [1.29, 1.82) is 0 Å². The molecule has 1 aromatic carbocycles. The Hall–Kier alpha value is -0.790. The van der Waals surface area contributed by atoms with Crippen LogP contribution in [0.3, 0.4) is 0 Å². The van der Waals surface area contributed by atoms with Gasteiger partial charge in [-0.3, -0.25) is 0 Å². The van der Waals surface area contributed by atoms with Crippen LogP contribution >= 0.6 is 15.9 Å². The van der Waals surface area contributed by atoms with Crippen molar-refractivity contribution in [1.82, 2.24) is 5.32 Å². The molecule has 0 atom stereocenters. The molecule has 0 aliphatic rings. The number of hydrogen-bond donors (Lipinski definition) is 1. The van der Waals surface area contributed by atoms with Crippen LogP contribution in [0.25, 0.3) is 0 Å². The third kappa shape index (κ3) is 8.28. The summed E-state index contributed by atoms with van der Waals surface area (Å²) in [6, 6.07) is 5.74. The summed E-state index contributed by atoms with van der Waals surface area (Å²) < 4.78 is 46.4. The van der Waals surface area contributed by atoms with E-state index in [4.69, 9.17) is 4.74 Å². The fourth-order valence-electron chi connectivity index (χ4n) is 1.57. The smallest absolute Gasteiger partial charge is 0.411 e. The minimum Gasteiger partial charge on any atom is -0.492 e. The Balaban J connectivity index is 2.26. The van der Waals surface area contributed by atoms with Gasteiger partial charge in [-0.25, -0.2) is 0 Å². The van der Waals surface area contributed by atoms with Gasteiger partial charge in [0.2, 0.25) is 0 Å². The van der Waals surface area contributed by atoms with Crippen LogP contribution < -0.4 is 10.1 Å². The molecule has 0 bridgehead atoms. The average molecular weight is 370 g/mol. The summed E-state index contributed by atoms with van der Waals surface area (Å²) in [5, 5.41) is 3.22. The predicted octanol–water partition coefficient (Wildman–Crippen LogP) is 3.91. The van der Waals surface area contributed by atoms with Gasteiger partial charge >= 0.3 is 6.18 Å². The molecule has 7 heteroatoms. The first-order chi connectivity index (χ1) is 9.92. The van der Waals surface area contributed by atoms with E-state index in [9.17, 15) is 13.2 Å². The summed E-state index contributed by atoms with van der Waals surface area (Å²) in [5.74, 6) is 0.672. The molecule has 0 fully saturated rings. The van der Waals surface area contributed by atoms with E-state index in [1.54, 1.807) is 0 Å². The van der Waals surface area contributed by atoms with Crippen molar-refractivity contribution in [2.24, 2.45) is 0 Å². The molecule has 0 aromatic heterocycles. The summed E-state index contributed by atoms with van der Waals surface area (Å²) in [5.41, 5.74) is 1.13. The van der Waals surface area contributed by atoms with E-state index in [1.165, 1.54) is 0 Å². The molecule has 0 aliphatic carbocycles. The standard InChI is InChI=1S/C14H19BrF3NO2/c1-2-19-9-11-4-5-13(12(15)8-11)21-7-3-6-20-10-14(16,17)18/h4-5,8,19H,2-3,6-7,9-10H2,1H3. The second-order valence-corrected chi connectivity index (χ2v) is 5.27. The number of hydrogen-bond acceptors (Lipinski definition) is 3. The van der Waals surface area contributed by atoms with Crippen LogP contribution in [0.15, 0.2) is 22.7 Å². The zero-order valence-electron chi connectivity index (χ0n) is 11.8. The molecule has 21 heavy (non-hydrogen) atoms. The molecule has 0 amide bonds. The topological polar surface area (TPSA) is 30.5 Å². The lowest BCUT2D eigenvalue weighted by atomic mass is 10.2. The molecule has 0 heterocycles. The minimum atomic E-state index is -4.27. The lowest BCUT2D eigenvalue weighted by Crippen LogP contribution is -2.18. The molecule has 1 rings (SSSR count). The van der Waals surface area contributed by atoms with Crippen molar-refractivity contribution in [3.63, 3.8) is 0 Å². The average Bonchev–Trinajstić information content (AvgIpc) is 2.41. The van der Waals surface area contributed by atoms with Crippen LogP contribution in [0.1, 0.15) is 18.9 Å². The van der Waals surface area contributed by atoms with Gasteiger partial charge in [-0.15, -0.1) is 0 Å². The van der Waals surface area contributed by atoms with Crippen LogP contribution in [0.5, 0.6) is 5.75 Å². The van der Waals surface area contributed by atoms with Crippen molar-refractivity contribution in [2.75, 3.05) is 26.4 Å². The first-order valence-electron chi connectivity index (χ1n) is 6.69. The maximum absolute atomic E-state index is 11.8. The Kier molecular flexibility index (Phi) is 8.06. The van der Waals surface area contributed by atoms with E-state index in [0.29, 0.717) is 18.8 Å². The number of nitrogens with one attached hydrogen (secondary N) is 1. The molecule has 1 aromatic rings. The van der Waals surface area contributed by atoms with Gasteiger partial charge in [0.1, 0.15) is 12.4 Å². The molecule has 120 valence electrons. The Labute approximate surface area is 130 Å². The highest BCUT2D eigenvalue weighted by Crippen LogP contribution is 2.26. The van der Waals surface area contributed by atoms with Crippen LogP contribution in [-0.2, 0) is 11.3 Å². The third-order valence-electron chi connectivity index (χ3n) is 2.53. The van der Waals surface area contributed by atoms with Crippen molar-refractivity contribution in [3.8, 4) is 5.75 Å². The molecule has 0 saturated carbocycles. The normalized spacial score (nSPS) is 11.7. The largest absolute Gasteiger partial charge is 0.492 e. The zero-order chi connectivity index (χ0) is 15.7.